The molecule has 186 valence electrons. The maximum atomic E-state index is 15.1. The number of aromatic amines is 1. The fourth-order valence-electron chi connectivity index (χ4n) is 4.30. The molecule has 1 unspecified atom stereocenters. The molecule has 3 aromatic rings. The van der Waals surface area contributed by atoms with Gasteiger partial charge in [0.2, 0.25) is 21.8 Å². The standard InChI is InChI=1S/C23H26F2N6O3S/c1-13-8-9-20(15-6-4-3-5-7-15)35(33,34)31(13)12-16-10-19(25)17(11-18(16)24)14(2)27-22(32)21-28-23(26)30-29-21/h3-7,10-11,13-14,20H,8-9,12H2,1-2H3,(H,27,32)(H3,26,28,29,30)/t13-,14?,20+/m1/s1. The number of rotatable bonds is 6. The lowest BCUT2D eigenvalue weighted by atomic mass is 10.0. The van der Waals surface area contributed by atoms with E-state index in [-0.39, 0.29) is 35.5 Å². The highest BCUT2D eigenvalue weighted by Crippen LogP contribution is 2.38. The summed E-state index contributed by atoms with van der Waals surface area (Å²) in [5.74, 6) is -2.51. The zero-order chi connectivity index (χ0) is 25.3. The molecule has 1 saturated heterocycles. The van der Waals surface area contributed by atoms with E-state index >= 15 is 4.39 Å². The first-order valence-corrected chi connectivity index (χ1v) is 12.6. The molecule has 0 spiro atoms. The summed E-state index contributed by atoms with van der Waals surface area (Å²) in [7, 11) is -3.80. The summed E-state index contributed by atoms with van der Waals surface area (Å²) in [6, 6.07) is 9.56. The topological polar surface area (TPSA) is 134 Å². The van der Waals surface area contributed by atoms with Gasteiger partial charge in [0.05, 0.1) is 6.04 Å². The third-order valence-corrected chi connectivity index (χ3v) is 8.59. The molecule has 4 rings (SSSR count). The van der Waals surface area contributed by atoms with Gasteiger partial charge < -0.3 is 11.1 Å². The van der Waals surface area contributed by atoms with E-state index in [1.807, 2.05) is 6.07 Å². The zero-order valence-electron chi connectivity index (χ0n) is 19.2. The molecule has 4 N–H and O–H groups in total. The molecular weight excluding hydrogens is 478 g/mol. The molecule has 1 aromatic heterocycles. The van der Waals surface area contributed by atoms with Crippen molar-refractivity contribution in [2.24, 2.45) is 0 Å². The van der Waals surface area contributed by atoms with Crippen LogP contribution in [0.15, 0.2) is 42.5 Å². The van der Waals surface area contributed by atoms with Gasteiger partial charge in [-0.15, -0.1) is 5.10 Å². The van der Waals surface area contributed by atoms with Crippen LogP contribution in [0.3, 0.4) is 0 Å². The molecule has 1 amide bonds. The molecule has 3 atom stereocenters. The van der Waals surface area contributed by atoms with Crippen LogP contribution < -0.4 is 11.1 Å². The molecule has 1 fully saturated rings. The Hall–Kier alpha value is -3.38. The van der Waals surface area contributed by atoms with Crippen molar-refractivity contribution in [3.05, 3.63) is 76.6 Å². The lowest BCUT2D eigenvalue weighted by Crippen LogP contribution is -2.44. The number of nitrogens with one attached hydrogen (secondary N) is 2. The second kappa shape index (κ2) is 9.70. The Morgan fingerprint density at radius 1 is 1.23 bits per heavy atom. The number of amides is 1. The van der Waals surface area contributed by atoms with E-state index in [1.54, 1.807) is 31.2 Å². The van der Waals surface area contributed by atoms with Gasteiger partial charge in [-0.1, -0.05) is 30.3 Å². The van der Waals surface area contributed by atoms with Crippen molar-refractivity contribution < 1.29 is 22.0 Å². The predicted molar refractivity (Wildman–Crippen MR) is 125 cm³/mol. The minimum absolute atomic E-state index is 0.0862. The van der Waals surface area contributed by atoms with Gasteiger partial charge >= 0.3 is 0 Å². The molecule has 0 aliphatic carbocycles. The molecule has 2 heterocycles. The number of carbonyl (C=O) groups is 1. The minimum atomic E-state index is -3.80. The number of halogens is 2. The van der Waals surface area contributed by atoms with Gasteiger partial charge in [-0.3, -0.25) is 9.89 Å². The van der Waals surface area contributed by atoms with Gasteiger partial charge in [0, 0.05) is 23.7 Å². The summed E-state index contributed by atoms with van der Waals surface area (Å²) in [5.41, 5.74) is 5.87. The summed E-state index contributed by atoms with van der Waals surface area (Å²) >= 11 is 0. The highest BCUT2D eigenvalue weighted by atomic mass is 32.2. The third-order valence-electron chi connectivity index (χ3n) is 6.22. The molecule has 35 heavy (non-hydrogen) atoms. The van der Waals surface area contributed by atoms with E-state index in [1.165, 1.54) is 11.2 Å². The lowest BCUT2D eigenvalue weighted by Gasteiger charge is -2.37. The monoisotopic (exact) mass is 504 g/mol. The number of hydrogen-bond acceptors (Lipinski definition) is 6. The van der Waals surface area contributed by atoms with Crippen LogP contribution in [0.2, 0.25) is 0 Å². The van der Waals surface area contributed by atoms with Crippen LogP contribution in [0.5, 0.6) is 0 Å². The van der Waals surface area contributed by atoms with Crippen molar-refractivity contribution in [2.45, 2.75) is 50.6 Å². The van der Waals surface area contributed by atoms with Crippen LogP contribution in [0, 0.1) is 11.6 Å². The van der Waals surface area contributed by atoms with Crippen LogP contribution in [0.1, 0.15) is 65.3 Å². The number of nitrogen functional groups attached to an aromatic ring is 1. The number of sulfonamides is 1. The summed E-state index contributed by atoms with van der Waals surface area (Å²) in [6.45, 7) is 2.94. The Morgan fingerprint density at radius 3 is 2.60 bits per heavy atom. The van der Waals surface area contributed by atoms with Gasteiger partial charge in [0.15, 0.2) is 0 Å². The average Bonchev–Trinajstić information content (AvgIpc) is 3.25. The minimum Gasteiger partial charge on any atom is -0.366 e. The fraction of sp³-hybridized carbons (Fsp3) is 0.348. The smallest absolute Gasteiger partial charge is 0.289 e. The number of carbonyl (C=O) groups excluding carboxylic acids is 1. The summed E-state index contributed by atoms with van der Waals surface area (Å²) in [5, 5.41) is 7.65. The van der Waals surface area contributed by atoms with Gasteiger partial charge in [0.1, 0.15) is 16.9 Å². The highest BCUT2D eigenvalue weighted by molar-refractivity contribution is 7.89. The van der Waals surface area contributed by atoms with Crippen LogP contribution in [0.4, 0.5) is 14.7 Å². The number of anilines is 1. The largest absolute Gasteiger partial charge is 0.366 e. The Morgan fingerprint density at radius 2 is 1.94 bits per heavy atom. The maximum Gasteiger partial charge on any atom is 0.289 e. The number of aromatic nitrogens is 3. The first kappa shape index (κ1) is 24.7. The van der Waals surface area contributed by atoms with Crippen molar-refractivity contribution in [1.29, 1.82) is 0 Å². The van der Waals surface area contributed by atoms with Gasteiger partial charge in [-0.05, 0) is 44.4 Å². The van der Waals surface area contributed by atoms with Crippen molar-refractivity contribution in [1.82, 2.24) is 24.8 Å². The van der Waals surface area contributed by atoms with E-state index in [2.05, 4.69) is 20.5 Å². The molecule has 0 bridgehead atoms. The average molecular weight is 505 g/mol. The maximum absolute atomic E-state index is 15.1. The number of hydrogen-bond donors (Lipinski definition) is 3. The molecule has 2 aromatic carbocycles. The predicted octanol–water partition coefficient (Wildman–Crippen LogP) is 3.21. The van der Waals surface area contributed by atoms with Crippen molar-refractivity contribution in [3.63, 3.8) is 0 Å². The number of nitrogens with two attached hydrogens (primary N) is 1. The van der Waals surface area contributed by atoms with Crippen LogP contribution in [-0.2, 0) is 16.6 Å². The Balaban J connectivity index is 1.55. The van der Waals surface area contributed by atoms with Crippen molar-refractivity contribution >= 4 is 21.9 Å². The van der Waals surface area contributed by atoms with E-state index in [9.17, 15) is 17.6 Å². The normalized spacial score (nSPS) is 20.9. The Labute approximate surface area is 201 Å². The highest BCUT2D eigenvalue weighted by Gasteiger charge is 2.40. The summed E-state index contributed by atoms with van der Waals surface area (Å²) in [6.07, 6.45) is 1.05. The first-order chi connectivity index (χ1) is 16.6. The molecule has 0 saturated carbocycles. The van der Waals surface area contributed by atoms with Crippen molar-refractivity contribution in [3.8, 4) is 0 Å². The van der Waals surface area contributed by atoms with E-state index in [0.717, 1.165) is 12.1 Å². The second-order valence-corrected chi connectivity index (χ2v) is 10.7. The SMILES string of the molecule is CC(NC(=O)c1nc(N)n[nH]1)c1cc(F)c(CN2[C@H](C)CC[C@@H](c3ccccc3)S2(=O)=O)cc1F. The van der Waals surface area contributed by atoms with Gasteiger partial charge in [-0.25, -0.2) is 17.2 Å². The number of benzene rings is 2. The molecule has 1 aliphatic rings. The molecule has 12 heteroatoms. The fourth-order valence-corrected chi connectivity index (χ4v) is 6.48. The zero-order valence-corrected chi connectivity index (χ0v) is 20.0. The van der Waals surface area contributed by atoms with E-state index in [0.29, 0.717) is 18.4 Å². The van der Waals surface area contributed by atoms with Crippen LogP contribution >= 0.6 is 0 Å². The quantitative estimate of drug-likeness (QED) is 0.472. The van der Waals surface area contributed by atoms with Gasteiger partial charge in [0.25, 0.3) is 5.91 Å². The van der Waals surface area contributed by atoms with Crippen LogP contribution in [-0.4, -0.2) is 39.9 Å². The number of H-pyrrole nitrogens is 1. The van der Waals surface area contributed by atoms with E-state index < -0.39 is 38.9 Å². The second-order valence-electron chi connectivity index (χ2n) is 8.62. The van der Waals surface area contributed by atoms with E-state index in [4.69, 9.17) is 5.73 Å². The lowest BCUT2D eigenvalue weighted by molar-refractivity contribution is 0.0929. The third kappa shape index (κ3) is 5.03. The first-order valence-electron chi connectivity index (χ1n) is 11.1. The Kier molecular flexibility index (Phi) is 6.86. The summed E-state index contributed by atoms with van der Waals surface area (Å²) in [4.78, 5) is 15.9. The molecular formula is C23H26F2N6O3S. The molecule has 0 radical (unpaired) electrons. The van der Waals surface area contributed by atoms with Crippen LogP contribution in [0.25, 0.3) is 0 Å². The number of nitrogens with zero attached hydrogens (tertiary/aromatic N) is 3. The van der Waals surface area contributed by atoms with Crippen molar-refractivity contribution in [2.75, 3.05) is 5.73 Å². The molecule has 9 nitrogen and oxygen atoms in total. The Bertz CT molecular complexity index is 1330. The summed E-state index contributed by atoms with van der Waals surface area (Å²) < 4.78 is 58.1. The van der Waals surface area contributed by atoms with Gasteiger partial charge in [-0.2, -0.15) is 9.29 Å². The molecule has 1 aliphatic heterocycles.